The number of aromatic nitrogens is 2. The molecule has 0 saturated carbocycles. The molecule has 0 atom stereocenters. The average molecular weight is 250 g/mol. The van der Waals surface area contributed by atoms with Crippen molar-refractivity contribution in [1.29, 1.82) is 0 Å². The van der Waals surface area contributed by atoms with Crippen LogP contribution in [0.5, 0.6) is 11.8 Å². The number of nitrogens with two attached hydrogens (primary N) is 1. The van der Waals surface area contributed by atoms with Crippen molar-refractivity contribution in [3.8, 4) is 11.8 Å². The zero-order valence-electron chi connectivity index (χ0n) is 9.35. The minimum absolute atomic E-state index is 0.267. The van der Waals surface area contributed by atoms with Crippen molar-refractivity contribution in [2.45, 2.75) is 13.3 Å². The van der Waals surface area contributed by atoms with Crippen LogP contribution in [-0.4, -0.2) is 9.97 Å². The number of benzene rings is 1. The van der Waals surface area contributed by atoms with Gasteiger partial charge in [-0.05, 0) is 30.2 Å². The lowest BCUT2D eigenvalue weighted by Crippen LogP contribution is -1.94. The first kappa shape index (κ1) is 11.7. The van der Waals surface area contributed by atoms with E-state index in [1.165, 1.54) is 12.4 Å². The summed E-state index contributed by atoms with van der Waals surface area (Å²) in [6.07, 6.45) is 3.84. The molecule has 1 aromatic carbocycles. The van der Waals surface area contributed by atoms with Crippen LogP contribution in [0, 0.1) is 0 Å². The normalized spacial score (nSPS) is 10.2. The van der Waals surface area contributed by atoms with Crippen LogP contribution in [-0.2, 0) is 6.42 Å². The Hall–Kier alpha value is -1.81. The fraction of sp³-hybridized carbons (Fsp3) is 0.167. The number of rotatable bonds is 3. The highest BCUT2D eigenvalue weighted by Gasteiger charge is 2.03. The first-order chi connectivity index (χ1) is 8.19. The number of aryl methyl sites for hydroxylation is 1. The molecule has 0 amide bonds. The minimum atomic E-state index is 0.267. The van der Waals surface area contributed by atoms with Gasteiger partial charge in [-0.1, -0.05) is 18.5 Å². The van der Waals surface area contributed by atoms with Gasteiger partial charge in [0.2, 0.25) is 0 Å². The monoisotopic (exact) mass is 249 g/mol. The molecule has 1 aromatic heterocycles. The molecule has 0 aliphatic heterocycles. The van der Waals surface area contributed by atoms with Gasteiger partial charge in [0.15, 0.2) is 0 Å². The Morgan fingerprint density at radius 2 is 2.00 bits per heavy atom. The summed E-state index contributed by atoms with van der Waals surface area (Å²) in [7, 11) is 0. The number of hydrogen-bond acceptors (Lipinski definition) is 4. The molecule has 88 valence electrons. The Labute approximate surface area is 104 Å². The van der Waals surface area contributed by atoms with Crippen molar-refractivity contribution >= 4 is 17.3 Å². The molecule has 0 fully saturated rings. The lowest BCUT2D eigenvalue weighted by atomic mass is 10.1. The Morgan fingerprint density at radius 3 is 2.65 bits per heavy atom. The van der Waals surface area contributed by atoms with Crippen molar-refractivity contribution in [2.75, 3.05) is 5.73 Å². The lowest BCUT2D eigenvalue weighted by Gasteiger charge is -2.06. The number of anilines is 1. The molecule has 0 bridgehead atoms. The van der Waals surface area contributed by atoms with Crippen LogP contribution in [0.15, 0.2) is 30.6 Å². The topological polar surface area (TPSA) is 61.0 Å². The fourth-order valence-electron chi connectivity index (χ4n) is 1.37. The third kappa shape index (κ3) is 2.85. The molecule has 2 rings (SSSR count). The fourth-order valence-corrected chi connectivity index (χ4v) is 1.62. The van der Waals surface area contributed by atoms with Gasteiger partial charge in [0.1, 0.15) is 5.75 Å². The van der Waals surface area contributed by atoms with Gasteiger partial charge in [-0.15, -0.1) is 0 Å². The maximum Gasteiger partial charge on any atom is 0.322 e. The van der Waals surface area contributed by atoms with Gasteiger partial charge in [0, 0.05) is 5.02 Å². The minimum Gasteiger partial charge on any atom is -0.424 e. The number of nitrogen functional groups attached to an aromatic ring is 1. The second-order valence-electron chi connectivity index (χ2n) is 3.51. The molecule has 5 heteroatoms. The average Bonchev–Trinajstić information content (AvgIpc) is 2.34. The molecular formula is C12H12ClN3O. The molecule has 0 radical (unpaired) electrons. The van der Waals surface area contributed by atoms with E-state index in [9.17, 15) is 0 Å². The zero-order valence-corrected chi connectivity index (χ0v) is 10.1. The van der Waals surface area contributed by atoms with E-state index in [1.807, 2.05) is 13.0 Å². The molecule has 4 nitrogen and oxygen atoms in total. The van der Waals surface area contributed by atoms with Crippen LogP contribution in [0.4, 0.5) is 5.69 Å². The van der Waals surface area contributed by atoms with Crippen LogP contribution in [0.25, 0.3) is 0 Å². The van der Waals surface area contributed by atoms with Crippen LogP contribution in [0.1, 0.15) is 12.5 Å². The highest BCUT2D eigenvalue weighted by atomic mass is 35.5. The molecule has 1 heterocycles. The Morgan fingerprint density at radius 1 is 1.29 bits per heavy atom. The number of hydrogen-bond donors (Lipinski definition) is 1. The summed E-state index contributed by atoms with van der Waals surface area (Å²) in [6, 6.07) is 5.72. The van der Waals surface area contributed by atoms with E-state index in [2.05, 4.69) is 9.97 Å². The smallest absolute Gasteiger partial charge is 0.322 e. The van der Waals surface area contributed by atoms with E-state index in [0.717, 1.165) is 17.0 Å². The Bertz CT molecular complexity index is 514. The summed E-state index contributed by atoms with van der Waals surface area (Å²) in [5.41, 5.74) is 7.02. The van der Waals surface area contributed by atoms with Crippen molar-refractivity contribution < 1.29 is 4.74 Å². The van der Waals surface area contributed by atoms with E-state index >= 15 is 0 Å². The van der Waals surface area contributed by atoms with Crippen molar-refractivity contribution in [1.82, 2.24) is 9.97 Å². The molecule has 0 saturated heterocycles. The van der Waals surface area contributed by atoms with E-state index in [0.29, 0.717) is 11.4 Å². The molecule has 2 N–H and O–H groups in total. The molecule has 2 aromatic rings. The number of nitrogens with zero attached hydrogens (tertiary/aromatic N) is 2. The number of halogens is 1. The molecule has 0 aliphatic carbocycles. The summed E-state index contributed by atoms with van der Waals surface area (Å²) >= 11 is 6.02. The second-order valence-corrected chi connectivity index (χ2v) is 3.92. The van der Waals surface area contributed by atoms with Crippen molar-refractivity contribution in [3.63, 3.8) is 0 Å². The number of ether oxygens (including phenoxy) is 1. The first-order valence-corrected chi connectivity index (χ1v) is 5.60. The zero-order chi connectivity index (χ0) is 12.3. The highest BCUT2D eigenvalue weighted by molar-refractivity contribution is 6.31. The summed E-state index contributed by atoms with van der Waals surface area (Å²) < 4.78 is 5.49. The van der Waals surface area contributed by atoms with Gasteiger partial charge >= 0.3 is 6.01 Å². The van der Waals surface area contributed by atoms with Gasteiger partial charge in [0.05, 0.1) is 18.1 Å². The molecule has 0 unspecified atom stereocenters. The summed E-state index contributed by atoms with van der Waals surface area (Å²) in [5, 5.41) is 0.734. The van der Waals surface area contributed by atoms with E-state index in [-0.39, 0.29) is 6.01 Å². The molecule has 0 aliphatic rings. The van der Waals surface area contributed by atoms with Crippen LogP contribution < -0.4 is 10.5 Å². The predicted molar refractivity (Wildman–Crippen MR) is 67.3 cm³/mol. The Balaban J connectivity index is 2.21. The molecular weight excluding hydrogens is 238 g/mol. The van der Waals surface area contributed by atoms with Gasteiger partial charge in [-0.3, -0.25) is 0 Å². The van der Waals surface area contributed by atoms with Crippen molar-refractivity contribution in [3.05, 3.63) is 41.2 Å². The second kappa shape index (κ2) is 5.01. The van der Waals surface area contributed by atoms with Gasteiger partial charge < -0.3 is 10.5 Å². The maximum absolute atomic E-state index is 6.02. The molecule has 0 spiro atoms. The van der Waals surface area contributed by atoms with Gasteiger partial charge in [0.25, 0.3) is 0 Å². The van der Waals surface area contributed by atoms with E-state index in [1.54, 1.807) is 12.1 Å². The van der Waals surface area contributed by atoms with E-state index < -0.39 is 0 Å². The summed E-state index contributed by atoms with van der Waals surface area (Å²) in [5.74, 6) is 0.663. The lowest BCUT2D eigenvalue weighted by molar-refractivity contribution is 0.441. The van der Waals surface area contributed by atoms with E-state index in [4.69, 9.17) is 22.1 Å². The maximum atomic E-state index is 6.02. The van der Waals surface area contributed by atoms with Crippen LogP contribution in [0.3, 0.4) is 0 Å². The Kier molecular flexibility index (Phi) is 3.44. The first-order valence-electron chi connectivity index (χ1n) is 5.23. The quantitative estimate of drug-likeness (QED) is 0.908. The predicted octanol–water partition coefficient (Wildman–Crippen LogP) is 3.07. The SMILES string of the molecule is CCc1cc(Oc2ncc(N)cn2)ccc1Cl. The third-order valence-corrected chi connectivity index (χ3v) is 2.62. The van der Waals surface area contributed by atoms with Crippen molar-refractivity contribution in [2.24, 2.45) is 0 Å². The van der Waals surface area contributed by atoms with Gasteiger partial charge in [-0.25, -0.2) is 9.97 Å². The highest BCUT2D eigenvalue weighted by Crippen LogP contribution is 2.25. The largest absolute Gasteiger partial charge is 0.424 e. The summed E-state index contributed by atoms with van der Waals surface area (Å²) in [6.45, 7) is 2.03. The van der Waals surface area contributed by atoms with Gasteiger partial charge in [-0.2, -0.15) is 0 Å². The summed E-state index contributed by atoms with van der Waals surface area (Å²) in [4.78, 5) is 7.92. The molecule has 17 heavy (non-hydrogen) atoms. The third-order valence-electron chi connectivity index (χ3n) is 2.26. The standard InChI is InChI=1S/C12H12ClN3O/c1-2-8-5-10(3-4-11(8)13)17-12-15-6-9(14)7-16-12/h3-7H,2,14H2,1H3. The van der Waals surface area contributed by atoms with Crippen LogP contribution >= 0.6 is 11.6 Å². The van der Waals surface area contributed by atoms with Crippen LogP contribution in [0.2, 0.25) is 5.02 Å².